The van der Waals surface area contributed by atoms with Crippen LogP contribution in [-0.4, -0.2) is 44.0 Å². The molecule has 1 atom stereocenters. The molecule has 0 amide bonds. The van der Waals surface area contributed by atoms with Gasteiger partial charge in [0, 0.05) is 11.6 Å². The summed E-state index contributed by atoms with van der Waals surface area (Å²) >= 11 is 0. The maximum atomic E-state index is 14.4. The van der Waals surface area contributed by atoms with Crippen molar-refractivity contribution < 1.29 is 41.1 Å². The minimum Gasteiger partial charge on any atom is -0.494 e. The fourth-order valence-corrected chi connectivity index (χ4v) is 4.75. The van der Waals surface area contributed by atoms with E-state index in [1.54, 1.807) is 6.92 Å². The van der Waals surface area contributed by atoms with Gasteiger partial charge in [-0.2, -0.15) is 18.3 Å². The number of hydrogen-bond acceptors (Lipinski definition) is 7. The third-order valence-corrected chi connectivity index (χ3v) is 6.91. The number of hydrogen-bond donors (Lipinski definition) is 2. The zero-order valence-electron chi connectivity index (χ0n) is 22.3. The molecule has 0 radical (unpaired) electrons. The number of nitrogens with one attached hydrogen (secondary N) is 1. The molecule has 4 aromatic rings. The molecule has 220 valence electrons. The standard InChI is InChI=1S/C28H24F5N5O4/c1-3-10-41-15-8-9-16(18(11-15)28(31,32)33)20-12-23(42-37-20)27(4-2,26(39)40)38-14-22-21(13-34-38)35-25(36-22)17-6-5-7-19(29)24(17)30/h5-9,11-13H,3-4,10,14H2,1-2H3,(H,35,36)(H,39,40). The number of alkyl halides is 3. The number of aromatic nitrogens is 3. The maximum absolute atomic E-state index is 14.4. The number of carbonyl (C=O) groups is 1. The normalized spacial score (nSPS) is 14.5. The van der Waals surface area contributed by atoms with E-state index in [1.165, 1.54) is 30.5 Å². The number of carboxylic acid groups (broad SMARTS) is 1. The number of H-pyrrole nitrogens is 1. The molecule has 1 aliphatic heterocycles. The highest BCUT2D eigenvalue weighted by Crippen LogP contribution is 2.42. The van der Waals surface area contributed by atoms with Crippen LogP contribution >= 0.6 is 0 Å². The van der Waals surface area contributed by atoms with Crippen LogP contribution in [-0.2, 0) is 23.1 Å². The lowest BCUT2D eigenvalue weighted by atomic mass is 9.90. The quantitative estimate of drug-likeness (QED) is 0.218. The van der Waals surface area contributed by atoms with Crippen molar-refractivity contribution in [3.05, 3.63) is 76.8 Å². The molecule has 2 aromatic carbocycles. The number of halogens is 5. The number of ether oxygens (including phenoxy) is 1. The van der Waals surface area contributed by atoms with Crippen molar-refractivity contribution in [1.29, 1.82) is 0 Å². The summed E-state index contributed by atoms with van der Waals surface area (Å²) in [5.74, 6) is -3.79. The van der Waals surface area contributed by atoms with Gasteiger partial charge in [-0.25, -0.2) is 18.6 Å². The third kappa shape index (κ3) is 4.97. The first-order chi connectivity index (χ1) is 20.0. The monoisotopic (exact) mass is 589 g/mol. The molecule has 2 N–H and O–H groups in total. The summed E-state index contributed by atoms with van der Waals surface area (Å²) in [6.45, 7) is 3.42. The van der Waals surface area contributed by atoms with E-state index in [9.17, 15) is 31.9 Å². The number of aromatic amines is 1. The van der Waals surface area contributed by atoms with Gasteiger partial charge in [0.15, 0.2) is 17.4 Å². The van der Waals surface area contributed by atoms with Crippen LogP contribution in [0.3, 0.4) is 0 Å². The van der Waals surface area contributed by atoms with Gasteiger partial charge in [-0.15, -0.1) is 0 Å². The molecule has 0 spiro atoms. The highest BCUT2D eigenvalue weighted by atomic mass is 19.4. The molecule has 5 rings (SSSR count). The summed E-state index contributed by atoms with van der Waals surface area (Å²) in [5, 5.41) is 19.6. The Balaban J connectivity index is 1.51. The van der Waals surface area contributed by atoms with Gasteiger partial charge in [-0.1, -0.05) is 25.1 Å². The van der Waals surface area contributed by atoms with Crippen LogP contribution < -0.4 is 4.74 Å². The van der Waals surface area contributed by atoms with Crippen molar-refractivity contribution in [2.24, 2.45) is 5.10 Å². The summed E-state index contributed by atoms with van der Waals surface area (Å²) in [6.07, 6.45) is -3.04. The Bertz CT molecular complexity index is 1660. The predicted molar refractivity (Wildman–Crippen MR) is 139 cm³/mol. The fraction of sp³-hybridized carbons (Fsp3) is 0.286. The van der Waals surface area contributed by atoms with Crippen molar-refractivity contribution in [2.75, 3.05) is 6.61 Å². The summed E-state index contributed by atoms with van der Waals surface area (Å²) in [6, 6.07) is 8.17. The van der Waals surface area contributed by atoms with Gasteiger partial charge in [0.25, 0.3) is 0 Å². The number of benzene rings is 2. The Labute approximate surface area is 235 Å². The molecule has 0 saturated carbocycles. The molecule has 42 heavy (non-hydrogen) atoms. The van der Waals surface area contributed by atoms with Gasteiger partial charge in [-0.3, -0.25) is 5.01 Å². The number of carboxylic acids is 1. The smallest absolute Gasteiger partial charge is 0.417 e. The molecule has 0 fully saturated rings. The van der Waals surface area contributed by atoms with Crippen LogP contribution in [0.5, 0.6) is 5.75 Å². The lowest BCUT2D eigenvalue weighted by Gasteiger charge is -2.36. The van der Waals surface area contributed by atoms with Gasteiger partial charge in [0.1, 0.15) is 23.0 Å². The second kappa shape index (κ2) is 10.9. The summed E-state index contributed by atoms with van der Waals surface area (Å²) in [7, 11) is 0. The Kier molecular flexibility index (Phi) is 7.47. The fourth-order valence-electron chi connectivity index (χ4n) is 4.75. The molecule has 1 aliphatic rings. The molecule has 9 nitrogen and oxygen atoms in total. The Morgan fingerprint density at radius 3 is 2.62 bits per heavy atom. The number of rotatable bonds is 9. The van der Waals surface area contributed by atoms with Crippen LogP contribution in [0, 0.1) is 11.6 Å². The highest BCUT2D eigenvalue weighted by Gasteiger charge is 2.50. The number of nitrogens with zero attached hydrogens (tertiary/aromatic N) is 4. The lowest BCUT2D eigenvalue weighted by Crippen LogP contribution is -2.49. The predicted octanol–water partition coefficient (Wildman–Crippen LogP) is 6.36. The van der Waals surface area contributed by atoms with Gasteiger partial charge in [0.05, 0.1) is 36.2 Å². The van der Waals surface area contributed by atoms with E-state index in [-0.39, 0.29) is 59.4 Å². The van der Waals surface area contributed by atoms with Crippen molar-refractivity contribution in [2.45, 2.75) is 44.9 Å². The zero-order valence-corrected chi connectivity index (χ0v) is 22.3. The molecule has 0 bridgehead atoms. The van der Waals surface area contributed by atoms with Gasteiger partial charge < -0.3 is 19.4 Å². The van der Waals surface area contributed by atoms with E-state index in [0.717, 1.165) is 23.2 Å². The van der Waals surface area contributed by atoms with Crippen LogP contribution in [0.25, 0.3) is 22.6 Å². The van der Waals surface area contributed by atoms with Crippen LogP contribution in [0.2, 0.25) is 0 Å². The summed E-state index contributed by atoms with van der Waals surface area (Å²) in [5.41, 5.74) is -3.07. The molecular formula is C28H24F5N5O4. The highest BCUT2D eigenvalue weighted by molar-refractivity contribution is 5.84. The van der Waals surface area contributed by atoms with Crippen LogP contribution in [0.15, 0.2) is 52.1 Å². The maximum Gasteiger partial charge on any atom is 0.417 e. The molecule has 14 heteroatoms. The van der Waals surface area contributed by atoms with E-state index in [1.807, 2.05) is 6.92 Å². The summed E-state index contributed by atoms with van der Waals surface area (Å²) in [4.78, 5) is 19.9. The molecule has 1 unspecified atom stereocenters. The zero-order chi connectivity index (χ0) is 30.2. The van der Waals surface area contributed by atoms with E-state index in [0.29, 0.717) is 12.1 Å². The van der Waals surface area contributed by atoms with Crippen molar-refractivity contribution in [1.82, 2.24) is 20.1 Å². The first kappa shape index (κ1) is 28.8. The summed E-state index contributed by atoms with van der Waals surface area (Å²) < 4.78 is 80.8. The molecule has 0 aliphatic carbocycles. The third-order valence-electron chi connectivity index (χ3n) is 6.91. The minimum absolute atomic E-state index is 0.00992. The minimum atomic E-state index is -4.76. The Morgan fingerprint density at radius 1 is 1.14 bits per heavy atom. The Morgan fingerprint density at radius 2 is 1.93 bits per heavy atom. The van der Waals surface area contributed by atoms with E-state index < -0.39 is 34.9 Å². The van der Waals surface area contributed by atoms with Gasteiger partial charge in [-0.05, 0) is 43.2 Å². The SMILES string of the molecule is CCCOc1ccc(-c2cc(C(CC)(C(=O)O)N3Cc4[nH]c(-c5cccc(F)c5F)nc4C=N3)on2)c(C(F)(F)F)c1. The number of imidazole rings is 1. The molecule has 0 saturated heterocycles. The van der Waals surface area contributed by atoms with Crippen LogP contribution in [0.1, 0.15) is 49.4 Å². The molecule has 3 heterocycles. The largest absolute Gasteiger partial charge is 0.494 e. The van der Waals surface area contributed by atoms with Crippen molar-refractivity contribution in [3.63, 3.8) is 0 Å². The van der Waals surface area contributed by atoms with Gasteiger partial charge in [0.2, 0.25) is 5.54 Å². The average Bonchev–Trinajstić information content (AvgIpc) is 3.61. The topological polar surface area (TPSA) is 117 Å². The first-order valence-corrected chi connectivity index (χ1v) is 12.9. The van der Waals surface area contributed by atoms with E-state index >= 15 is 0 Å². The van der Waals surface area contributed by atoms with E-state index in [2.05, 4.69) is 20.2 Å². The second-order valence-corrected chi connectivity index (χ2v) is 9.50. The lowest BCUT2D eigenvalue weighted by molar-refractivity contribution is -0.155. The average molecular weight is 590 g/mol. The number of fused-ring (bicyclic) bond motifs is 1. The van der Waals surface area contributed by atoms with Gasteiger partial charge >= 0.3 is 12.1 Å². The van der Waals surface area contributed by atoms with Crippen molar-refractivity contribution >= 4 is 12.2 Å². The number of hydrazone groups is 1. The van der Waals surface area contributed by atoms with Crippen LogP contribution in [0.4, 0.5) is 22.0 Å². The van der Waals surface area contributed by atoms with Crippen molar-refractivity contribution in [3.8, 4) is 28.4 Å². The second-order valence-electron chi connectivity index (χ2n) is 9.50. The Hall–Kier alpha value is -4.75. The van der Waals surface area contributed by atoms with E-state index in [4.69, 9.17) is 9.26 Å². The molecular weight excluding hydrogens is 565 g/mol. The number of aliphatic carboxylic acids is 1. The molecule has 2 aromatic heterocycles. The first-order valence-electron chi connectivity index (χ1n) is 12.9.